The molecular weight excluding hydrogens is 268 g/mol. The fourth-order valence-electron chi connectivity index (χ4n) is 2.17. The second-order valence-electron chi connectivity index (χ2n) is 4.84. The number of carbonyl (C=O) groups is 2. The van der Waals surface area contributed by atoms with Crippen LogP contribution in [0.15, 0.2) is 24.3 Å². The zero-order chi connectivity index (χ0) is 15.7. The van der Waals surface area contributed by atoms with E-state index < -0.39 is 6.10 Å². The van der Waals surface area contributed by atoms with Gasteiger partial charge >= 0.3 is 11.9 Å². The summed E-state index contributed by atoms with van der Waals surface area (Å²) in [4.78, 5) is 23.8. The van der Waals surface area contributed by atoms with Crippen molar-refractivity contribution in [3.63, 3.8) is 0 Å². The summed E-state index contributed by atoms with van der Waals surface area (Å²) < 4.78 is 10.4. The number of ether oxygens (including phenoxy) is 2. The number of rotatable bonds is 8. The van der Waals surface area contributed by atoms with Crippen molar-refractivity contribution in [3.8, 4) is 0 Å². The molecule has 0 amide bonds. The van der Waals surface area contributed by atoms with Crippen LogP contribution in [0.5, 0.6) is 0 Å². The molecule has 0 spiro atoms. The molecule has 0 radical (unpaired) electrons. The maximum atomic E-state index is 12.3. The van der Waals surface area contributed by atoms with Gasteiger partial charge in [-0.15, -0.1) is 0 Å². The van der Waals surface area contributed by atoms with Gasteiger partial charge < -0.3 is 9.47 Å². The third-order valence-electron chi connectivity index (χ3n) is 3.20. The fraction of sp³-hybridized carbons (Fsp3) is 0.529. The molecule has 1 aromatic carbocycles. The fourth-order valence-corrected chi connectivity index (χ4v) is 2.17. The van der Waals surface area contributed by atoms with Crippen LogP contribution in [0.4, 0.5) is 0 Å². The third-order valence-corrected chi connectivity index (χ3v) is 3.20. The average Bonchev–Trinajstić information content (AvgIpc) is 2.47. The summed E-state index contributed by atoms with van der Waals surface area (Å²) in [7, 11) is 0. The quantitative estimate of drug-likeness (QED) is 0.688. The molecule has 1 unspecified atom stereocenters. The SMILES string of the molecule is CCCC(CC(=O)OCC)OC(=O)c1ccccc1CC. The smallest absolute Gasteiger partial charge is 0.338 e. The summed E-state index contributed by atoms with van der Waals surface area (Å²) >= 11 is 0. The molecule has 1 aromatic rings. The molecule has 4 nitrogen and oxygen atoms in total. The van der Waals surface area contributed by atoms with Crippen LogP contribution in [-0.2, 0) is 20.7 Å². The first-order valence-electron chi connectivity index (χ1n) is 7.56. The Morgan fingerprint density at radius 1 is 1.14 bits per heavy atom. The molecule has 116 valence electrons. The lowest BCUT2D eigenvalue weighted by Gasteiger charge is -2.17. The van der Waals surface area contributed by atoms with E-state index in [1.807, 2.05) is 32.0 Å². The lowest BCUT2D eigenvalue weighted by molar-refractivity contribution is -0.145. The van der Waals surface area contributed by atoms with E-state index in [1.54, 1.807) is 13.0 Å². The Morgan fingerprint density at radius 3 is 2.48 bits per heavy atom. The first kappa shape index (κ1) is 17.2. The monoisotopic (exact) mass is 292 g/mol. The first-order valence-corrected chi connectivity index (χ1v) is 7.56. The van der Waals surface area contributed by atoms with E-state index in [1.165, 1.54) is 0 Å². The molecule has 0 N–H and O–H groups in total. The Labute approximate surface area is 126 Å². The predicted octanol–water partition coefficient (Wildman–Crippen LogP) is 3.53. The van der Waals surface area contributed by atoms with Crippen LogP contribution >= 0.6 is 0 Å². The predicted molar refractivity (Wildman–Crippen MR) is 81.2 cm³/mol. The minimum atomic E-state index is -0.425. The maximum absolute atomic E-state index is 12.3. The molecule has 0 fully saturated rings. The van der Waals surface area contributed by atoms with Crippen LogP contribution in [0.25, 0.3) is 0 Å². The van der Waals surface area contributed by atoms with Gasteiger partial charge in [0.15, 0.2) is 0 Å². The summed E-state index contributed by atoms with van der Waals surface area (Å²) in [6.07, 6.45) is 1.95. The molecule has 0 saturated carbocycles. The zero-order valence-electron chi connectivity index (χ0n) is 13.1. The van der Waals surface area contributed by atoms with Crippen molar-refractivity contribution in [2.75, 3.05) is 6.61 Å². The van der Waals surface area contributed by atoms with Crippen molar-refractivity contribution in [1.29, 1.82) is 0 Å². The van der Waals surface area contributed by atoms with E-state index >= 15 is 0 Å². The largest absolute Gasteiger partial charge is 0.466 e. The second-order valence-corrected chi connectivity index (χ2v) is 4.84. The molecule has 0 saturated heterocycles. The minimum Gasteiger partial charge on any atom is -0.466 e. The molecule has 1 rings (SSSR count). The molecular formula is C17H24O4. The van der Waals surface area contributed by atoms with Crippen LogP contribution in [0.2, 0.25) is 0 Å². The van der Waals surface area contributed by atoms with Crippen molar-refractivity contribution in [3.05, 3.63) is 35.4 Å². The van der Waals surface area contributed by atoms with Gasteiger partial charge in [-0.3, -0.25) is 4.79 Å². The molecule has 0 bridgehead atoms. The van der Waals surface area contributed by atoms with Crippen LogP contribution in [0, 0.1) is 0 Å². The summed E-state index contributed by atoms with van der Waals surface area (Å²) in [6.45, 7) is 6.08. The Hall–Kier alpha value is -1.84. The van der Waals surface area contributed by atoms with E-state index in [0.29, 0.717) is 18.6 Å². The molecule has 0 aromatic heterocycles. The van der Waals surface area contributed by atoms with Gasteiger partial charge in [0.1, 0.15) is 6.10 Å². The van der Waals surface area contributed by atoms with Crippen molar-refractivity contribution >= 4 is 11.9 Å². The number of esters is 2. The van der Waals surface area contributed by atoms with Crippen LogP contribution in [0.3, 0.4) is 0 Å². The lowest BCUT2D eigenvalue weighted by Crippen LogP contribution is -2.23. The summed E-state index contributed by atoms with van der Waals surface area (Å²) in [6, 6.07) is 7.39. The first-order chi connectivity index (χ1) is 10.1. The molecule has 4 heteroatoms. The van der Waals surface area contributed by atoms with Gasteiger partial charge in [0.25, 0.3) is 0 Å². The van der Waals surface area contributed by atoms with Crippen molar-refractivity contribution in [1.82, 2.24) is 0 Å². The Kier molecular flexibility index (Phi) is 7.51. The molecule has 0 aliphatic carbocycles. The second kappa shape index (κ2) is 9.16. The number of hydrogen-bond donors (Lipinski definition) is 0. The highest BCUT2D eigenvalue weighted by Gasteiger charge is 2.20. The highest BCUT2D eigenvalue weighted by Crippen LogP contribution is 2.15. The molecule has 0 heterocycles. The van der Waals surface area contributed by atoms with Gasteiger partial charge in [-0.1, -0.05) is 38.5 Å². The third kappa shape index (κ3) is 5.58. The standard InChI is InChI=1S/C17H24O4/c1-4-9-14(12-16(18)20-6-3)21-17(19)15-11-8-7-10-13(15)5-2/h7-8,10-11,14H,4-6,9,12H2,1-3H3. The normalized spacial score (nSPS) is 11.8. The topological polar surface area (TPSA) is 52.6 Å². The van der Waals surface area contributed by atoms with Crippen molar-refractivity contribution in [2.45, 2.75) is 52.6 Å². The van der Waals surface area contributed by atoms with E-state index in [2.05, 4.69) is 0 Å². The van der Waals surface area contributed by atoms with Gasteiger partial charge in [0.05, 0.1) is 18.6 Å². The van der Waals surface area contributed by atoms with Gasteiger partial charge in [0, 0.05) is 0 Å². The van der Waals surface area contributed by atoms with E-state index in [0.717, 1.165) is 18.4 Å². The Balaban J connectivity index is 2.73. The summed E-state index contributed by atoms with van der Waals surface area (Å²) in [5.74, 6) is -0.692. The number of carbonyl (C=O) groups excluding carboxylic acids is 2. The highest BCUT2D eigenvalue weighted by molar-refractivity contribution is 5.91. The molecule has 0 aliphatic heterocycles. The Bertz CT molecular complexity index is 468. The van der Waals surface area contributed by atoms with Crippen molar-refractivity contribution in [2.24, 2.45) is 0 Å². The van der Waals surface area contributed by atoms with Crippen LogP contribution in [-0.4, -0.2) is 24.6 Å². The number of benzene rings is 1. The molecule has 0 aliphatic rings. The van der Waals surface area contributed by atoms with E-state index in [4.69, 9.17) is 9.47 Å². The summed E-state index contributed by atoms with van der Waals surface area (Å²) in [5.41, 5.74) is 1.53. The molecule has 1 atom stereocenters. The highest BCUT2D eigenvalue weighted by atomic mass is 16.6. The zero-order valence-corrected chi connectivity index (χ0v) is 13.1. The van der Waals surface area contributed by atoms with E-state index in [9.17, 15) is 9.59 Å². The van der Waals surface area contributed by atoms with Gasteiger partial charge in [-0.2, -0.15) is 0 Å². The number of aryl methyl sites for hydroxylation is 1. The Morgan fingerprint density at radius 2 is 1.86 bits per heavy atom. The van der Waals surface area contributed by atoms with E-state index in [-0.39, 0.29) is 18.4 Å². The summed E-state index contributed by atoms with van der Waals surface area (Å²) in [5, 5.41) is 0. The molecule has 21 heavy (non-hydrogen) atoms. The van der Waals surface area contributed by atoms with Gasteiger partial charge in [-0.25, -0.2) is 4.79 Å². The van der Waals surface area contributed by atoms with Crippen LogP contribution in [0.1, 0.15) is 56.0 Å². The maximum Gasteiger partial charge on any atom is 0.338 e. The van der Waals surface area contributed by atoms with Gasteiger partial charge in [0.2, 0.25) is 0 Å². The average molecular weight is 292 g/mol. The minimum absolute atomic E-state index is 0.113. The lowest BCUT2D eigenvalue weighted by atomic mass is 10.1. The van der Waals surface area contributed by atoms with Crippen molar-refractivity contribution < 1.29 is 19.1 Å². The number of hydrogen-bond acceptors (Lipinski definition) is 4. The van der Waals surface area contributed by atoms with Crippen LogP contribution < -0.4 is 0 Å². The van der Waals surface area contributed by atoms with Gasteiger partial charge in [-0.05, 0) is 31.4 Å².